The van der Waals surface area contributed by atoms with Gasteiger partial charge in [-0.1, -0.05) is 70.6 Å². The van der Waals surface area contributed by atoms with Crippen molar-refractivity contribution in [2.24, 2.45) is 0 Å². The van der Waals surface area contributed by atoms with Crippen molar-refractivity contribution >= 4 is 18.4 Å². The van der Waals surface area contributed by atoms with E-state index in [1.807, 2.05) is 42.5 Å². The highest BCUT2D eigenvalue weighted by Gasteiger charge is 2.40. The SMILES string of the molecule is CCCCCCCCC(C)P1(=O)Oc2ccc(N)cc2-c2ccccc21. The predicted octanol–water partition coefficient (Wildman–Crippen LogP) is 6.37. The molecule has 0 aromatic heterocycles. The standard InChI is InChI=1S/C22H30NO2P/c1-3-4-5-6-7-8-11-17(2)26(24)22-13-10-9-12-19(22)20-16-18(23)14-15-21(20)25-26/h9-10,12-17H,3-8,11,23H2,1-2H3. The molecule has 0 fully saturated rings. The van der Waals surface area contributed by atoms with Gasteiger partial charge in [-0.25, -0.2) is 0 Å². The van der Waals surface area contributed by atoms with Crippen LogP contribution in [0.2, 0.25) is 0 Å². The van der Waals surface area contributed by atoms with Crippen LogP contribution < -0.4 is 15.6 Å². The molecule has 2 unspecified atom stereocenters. The Morgan fingerprint density at radius 2 is 1.73 bits per heavy atom. The van der Waals surface area contributed by atoms with Crippen molar-refractivity contribution < 1.29 is 9.09 Å². The van der Waals surface area contributed by atoms with Crippen molar-refractivity contribution in [2.45, 2.75) is 64.5 Å². The first-order chi connectivity index (χ1) is 12.6. The molecular weight excluding hydrogens is 341 g/mol. The summed E-state index contributed by atoms with van der Waals surface area (Å²) in [4.78, 5) is 0. The molecule has 0 saturated heterocycles. The van der Waals surface area contributed by atoms with E-state index in [1.165, 1.54) is 32.1 Å². The van der Waals surface area contributed by atoms with E-state index in [9.17, 15) is 4.57 Å². The Hall–Kier alpha value is -1.73. The first-order valence-corrected chi connectivity index (χ1v) is 11.5. The number of hydrogen-bond acceptors (Lipinski definition) is 3. The molecule has 2 N–H and O–H groups in total. The van der Waals surface area contributed by atoms with Crippen LogP contribution in [0.4, 0.5) is 5.69 Å². The van der Waals surface area contributed by atoms with Crippen LogP contribution in [0.3, 0.4) is 0 Å². The van der Waals surface area contributed by atoms with Crippen LogP contribution in [0.15, 0.2) is 42.5 Å². The Morgan fingerprint density at radius 3 is 2.54 bits per heavy atom. The lowest BCUT2D eigenvalue weighted by atomic mass is 10.0. The molecule has 140 valence electrons. The van der Waals surface area contributed by atoms with Crippen LogP contribution in [-0.4, -0.2) is 5.66 Å². The summed E-state index contributed by atoms with van der Waals surface area (Å²) in [5, 5.41) is 0.844. The van der Waals surface area contributed by atoms with Gasteiger partial charge >= 0.3 is 0 Å². The van der Waals surface area contributed by atoms with Gasteiger partial charge in [-0.3, -0.25) is 4.57 Å². The van der Waals surface area contributed by atoms with Gasteiger partial charge in [0.2, 0.25) is 0 Å². The maximum absolute atomic E-state index is 13.9. The molecule has 0 bridgehead atoms. The van der Waals surface area contributed by atoms with Gasteiger partial charge in [-0.15, -0.1) is 0 Å². The van der Waals surface area contributed by atoms with E-state index in [-0.39, 0.29) is 5.66 Å². The number of anilines is 1. The fourth-order valence-corrected chi connectivity index (χ4v) is 6.28. The van der Waals surface area contributed by atoms with E-state index >= 15 is 0 Å². The molecule has 4 heteroatoms. The van der Waals surface area contributed by atoms with Crippen molar-refractivity contribution in [3.63, 3.8) is 0 Å². The zero-order valence-corrected chi connectivity index (χ0v) is 16.8. The number of benzene rings is 2. The maximum atomic E-state index is 13.9. The minimum absolute atomic E-state index is 0.0144. The summed E-state index contributed by atoms with van der Waals surface area (Å²) >= 11 is 0. The summed E-state index contributed by atoms with van der Waals surface area (Å²) in [6.45, 7) is 4.31. The summed E-state index contributed by atoms with van der Waals surface area (Å²) in [5.41, 5.74) is 8.61. The van der Waals surface area contributed by atoms with Crippen molar-refractivity contribution in [1.82, 2.24) is 0 Å². The quantitative estimate of drug-likeness (QED) is 0.333. The topological polar surface area (TPSA) is 52.3 Å². The molecule has 2 aromatic rings. The molecule has 1 aliphatic heterocycles. The molecule has 0 saturated carbocycles. The summed E-state index contributed by atoms with van der Waals surface area (Å²) in [5.74, 6) is 0.691. The van der Waals surface area contributed by atoms with Gasteiger partial charge in [0.05, 0.1) is 5.30 Å². The third-order valence-electron chi connectivity index (χ3n) is 5.32. The van der Waals surface area contributed by atoms with E-state index in [2.05, 4.69) is 13.8 Å². The second kappa shape index (κ2) is 8.31. The normalized spacial score (nSPS) is 19.3. The van der Waals surface area contributed by atoms with Gasteiger partial charge in [-0.05, 0) is 36.2 Å². The van der Waals surface area contributed by atoms with Crippen LogP contribution >= 0.6 is 7.37 Å². The lowest BCUT2D eigenvalue weighted by Gasteiger charge is -2.32. The fraction of sp³-hybridized carbons (Fsp3) is 0.455. The average Bonchev–Trinajstić information content (AvgIpc) is 2.65. The highest BCUT2D eigenvalue weighted by molar-refractivity contribution is 7.68. The second-order valence-electron chi connectivity index (χ2n) is 7.37. The third kappa shape index (κ3) is 3.83. The number of fused-ring (bicyclic) bond motifs is 3. The molecule has 2 aromatic carbocycles. The molecule has 0 spiro atoms. The van der Waals surface area contributed by atoms with E-state index < -0.39 is 7.37 Å². The number of unbranched alkanes of at least 4 members (excludes halogenated alkanes) is 5. The Balaban J connectivity index is 1.79. The van der Waals surface area contributed by atoms with Gasteiger partial charge in [0.15, 0.2) is 0 Å². The van der Waals surface area contributed by atoms with Gasteiger partial charge in [0.25, 0.3) is 7.37 Å². The summed E-state index contributed by atoms with van der Waals surface area (Å²) in [6, 6.07) is 13.5. The number of nitrogens with two attached hydrogens (primary N) is 1. The van der Waals surface area contributed by atoms with Gasteiger partial charge < -0.3 is 10.3 Å². The van der Waals surface area contributed by atoms with Crippen LogP contribution in [0.5, 0.6) is 5.75 Å². The van der Waals surface area contributed by atoms with Gasteiger partial charge in [0, 0.05) is 16.9 Å². The fourth-order valence-electron chi connectivity index (χ4n) is 3.72. The summed E-state index contributed by atoms with van der Waals surface area (Å²) < 4.78 is 20.1. The molecule has 26 heavy (non-hydrogen) atoms. The molecule has 3 nitrogen and oxygen atoms in total. The highest BCUT2D eigenvalue weighted by atomic mass is 31.2. The lowest BCUT2D eigenvalue weighted by Crippen LogP contribution is -2.24. The Bertz CT molecular complexity index is 802. The number of nitrogen functional groups attached to an aromatic ring is 1. The predicted molar refractivity (Wildman–Crippen MR) is 112 cm³/mol. The first kappa shape index (κ1) is 19.0. The minimum atomic E-state index is -2.94. The molecule has 0 amide bonds. The Morgan fingerprint density at radius 1 is 1.00 bits per heavy atom. The molecule has 1 heterocycles. The molecule has 2 atom stereocenters. The van der Waals surface area contributed by atoms with Gasteiger partial charge in [-0.2, -0.15) is 0 Å². The number of rotatable bonds is 8. The molecule has 1 aliphatic rings. The summed E-state index contributed by atoms with van der Waals surface area (Å²) in [7, 11) is -2.94. The smallest absolute Gasteiger partial charge is 0.280 e. The van der Waals surface area contributed by atoms with E-state index in [0.29, 0.717) is 11.4 Å². The molecule has 3 rings (SSSR count). The van der Waals surface area contributed by atoms with Crippen molar-refractivity contribution in [1.29, 1.82) is 0 Å². The maximum Gasteiger partial charge on any atom is 0.280 e. The summed E-state index contributed by atoms with van der Waals surface area (Å²) in [6.07, 6.45) is 8.39. The van der Waals surface area contributed by atoms with E-state index in [0.717, 1.165) is 29.3 Å². The monoisotopic (exact) mass is 371 g/mol. The molecule has 0 radical (unpaired) electrons. The molecular formula is C22H30NO2P. The molecule has 0 aliphatic carbocycles. The van der Waals surface area contributed by atoms with Crippen LogP contribution in [0.25, 0.3) is 11.1 Å². The minimum Gasteiger partial charge on any atom is -0.439 e. The van der Waals surface area contributed by atoms with Crippen molar-refractivity contribution in [3.05, 3.63) is 42.5 Å². The van der Waals surface area contributed by atoms with Crippen LogP contribution in [0, 0.1) is 0 Å². The second-order valence-corrected chi connectivity index (χ2v) is 10.1. The van der Waals surface area contributed by atoms with E-state index in [4.69, 9.17) is 10.3 Å². The Labute approximate surface area is 157 Å². The van der Waals surface area contributed by atoms with Gasteiger partial charge in [0.1, 0.15) is 5.75 Å². The number of hydrogen-bond donors (Lipinski definition) is 1. The Kier molecular flexibility index (Phi) is 6.09. The highest BCUT2D eigenvalue weighted by Crippen LogP contribution is 2.58. The van der Waals surface area contributed by atoms with E-state index in [1.54, 1.807) is 0 Å². The average molecular weight is 371 g/mol. The third-order valence-corrected chi connectivity index (χ3v) is 8.27. The largest absolute Gasteiger partial charge is 0.439 e. The zero-order valence-electron chi connectivity index (χ0n) is 15.9. The first-order valence-electron chi connectivity index (χ1n) is 9.85. The van der Waals surface area contributed by atoms with Crippen molar-refractivity contribution in [3.8, 4) is 16.9 Å². The zero-order chi connectivity index (χ0) is 18.6. The van der Waals surface area contributed by atoms with Crippen molar-refractivity contribution in [2.75, 3.05) is 5.73 Å². The van der Waals surface area contributed by atoms with Crippen LogP contribution in [-0.2, 0) is 4.57 Å². The van der Waals surface area contributed by atoms with Crippen LogP contribution in [0.1, 0.15) is 58.8 Å². The lowest BCUT2D eigenvalue weighted by molar-refractivity contribution is 0.470.